The third-order valence-corrected chi connectivity index (χ3v) is 3.74. The van der Waals surface area contributed by atoms with Gasteiger partial charge in [-0.2, -0.15) is 0 Å². The Kier molecular flexibility index (Phi) is 4.10. The van der Waals surface area contributed by atoms with Gasteiger partial charge in [-0.05, 0) is 6.42 Å². The van der Waals surface area contributed by atoms with Crippen molar-refractivity contribution < 1.29 is 27.9 Å². The van der Waals surface area contributed by atoms with E-state index in [9.17, 15) is 22.8 Å². The highest BCUT2D eigenvalue weighted by Gasteiger charge is 2.42. The minimum absolute atomic E-state index is 0.0263. The topological polar surface area (TPSA) is 109 Å². The molecule has 0 aromatic carbocycles. The lowest BCUT2D eigenvalue weighted by atomic mass is 10.1. The van der Waals surface area contributed by atoms with Crippen LogP contribution in [0.4, 0.5) is 0 Å². The highest BCUT2D eigenvalue weighted by molar-refractivity contribution is 7.90. The van der Waals surface area contributed by atoms with Crippen molar-refractivity contribution >= 4 is 27.6 Å². The van der Waals surface area contributed by atoms with Crippen LogP contribution in [-0.4, -0.2) is 54.3 Å². The summed E-state index contributed by atoms with van der Waals surface area (Å²) >= 11 is 0. The van der Waals surface area contributed by atoms with Crippen molar-refractivity contribution in [2.45, 2.75) is 25.8 Å². The third-order valence-electron chi connectivity index (χ3n) is 2.77. The molecule has 0 saturated carbocycles. The van der Waals surface area contributed by atoms with Gasteiger partial charge in [-0.15, -0.1) is 0 Å². The van der Waals surface area contributed by atoms with Gasteiger partial charge < -0.3 is 5.11 Å². The predicted octanol–water partition coefficient (Wildman–Crippen LogP) is -0.731. The highest BCUT2D eigenvalue weighted by atomic mass is 32.2. The monoisotopic (exact) mass is 277 g/mol. The van der Waals surface area contributed by atoms with E-state index in [2.05, 4.69) is 0 Å². The molecule has 1 saturated heterocycles. The van der Waals surface area contributed by atoms with Crippen LogP contribution in [0.1, 0.15) is 19.8 Å². The number of carboxylic acid groups (broad SMARTS) is 1. The number of rotatable bonds is 5. The Balaban J connectivity index is 2.89. The van der Waals surface area contributed by atoms with Crippen LogP contribution >= 0.6 is 0 Å². The fourth-order valence-corrected chi connectivity index (χ4v) is 2.48. The molecule has 0 radical (unpaired) electrons. The summed E-state index contributed by atoms with van der Waals surface area (Å²) in [5, 5.41) is 9.01. The Hall–Kier alpha value is -1.44. The first kappa shape index (κ1) is 14.6. The fourth-order valence-electron chi connectivity index (χ4n) is 1.82. The average Bonchev–Trinajstić information content (AvgIpc) is 2.42. The summed E-state index contributed by atoms with van der Waals surface area (Å²) in [6.45, 7) is 1.54. The fraction of sp³-hybridized carbons (Fsp3) is 0.700. The molecule has 1 rings (SSSR count). The number of aliphatic carboxylic acids is 1. The molecular weight excluding hydrogens is 262 g/mol. The standard InChI is InChI=1S/C10H15NO6S/c1-6-5-8(12)11(9(6)13)7(10(14)15)3-4-18(2,16)17/h6-7H,3-5H2,1-2H3,(H,14,15). The summed E-state index contributed by atoms with van der Waals surface area (Å²) in [6.07, 6.45) is 0.669. The van der Waals surface area contributed by atoms with Crippen LogP contribution in [-0.2, 0) is 24.2 Å². The average molecular weight is 277 g/mol. The molecule has 102 valence electrons. The molecule has 2 amide bonds. The minimum atomic E-state index is -3.34. The van der Waals surface area contributed by atoms with Crippen LogP contribution in [0.2, 0.25) is 0 Å². The summed E-state index contributed by atoms with van der Waals surface area (Å²) in [5.74, 6) is -3.41. The van der Waals surface area contributed by atoms with E-state index in [1.54, 1.807) is 0 Å². The molecule has 2 atom stereocenters. The molecule has 1 heterocycles. The number of carbonyl (C=O) groups excluding carboxylic acids is 2. The van der Waals surface area contributed by atoms with Crippen molar-refractivity contribution in [1.82, 2.24) is 4.90 Å². The van der Waals surface area contributed by atoms with Gasteiger partial charge in [0.15, 0.2) is 0 Å². The first-order valence-corrected chi connectivity index (χ1v) is 7.46. The zero-order valence-corrected chi connectivity index (χ0v) is 10.9. The molecule has 18 heavy (non-hydrogen) atoms. The SMILES string of the molecule is CC1CC(=O)N(C(CCS(C)(=O)=O)C(=O)O)C1=O. The minimum Gasteiger partial charge on any atom is -0.480 e. The molecule has 1 aliphatic heterocycles. The second-order valence-electron chi connectivity index (χ2n) is 4.48. The van der Waals surface area contributed by atoms with Gasteiger partial charge in [-0.3, -0.25) is 14.5 Å². The summed E-state index contributed by atoms with van der Waals surface area (Å²) in [7, 11) is -3.34. The molecule has 1 fully saturated rings. The molecule has 0 aliphatic carbocycles. The van der Waals surface area contributed by atoms with Crippen LogP contribution in [0.15, 0.2) is 0 Å². The molecule has 1 aliphatic rings. The van der Waals surface area contributed by atoms with E-state index in [1.165, 1.54) is 6.92 Å². The van der Waals surface area contributed by atoms with Gasteiger partial charge in [0.05, 0.1) is 5.75 Å². The normalized spacial score (nSPS) is 22.3. The van der Waals surface area contributed by atoms with Crippen molar-refractivity contribution in [2.24, 2.45) is 5.92 Å². The number of imide groups is 1. The first-order chi connectivity index (χ1) is 8.13. The maximum atomic E-state index is 11.7. The predicted molar refractivity (Wildman–Crippen MR) is 61.4 cm³/mol. The first-order valence-electron chi connectivity index (χ1n) is 5.40. The lowest BCUT2D eigenvalue weighted by molar-refractivity contribution is -0.154. The number of amides is 2. The third kappa shape index (κ3) is 3.28. The Morgan fingerprint density at radius 2 is 2.06 bits per heavy atom. The Bertz CT molecular complexity index is 483. The van der Waals surface area contributed by atoms with E-state index >= 15 is 0 Å². The van der Waals surface area contributed by atoms with Gasteiger partial charge in [-0.1, -0.05) is 6.92 Å². The van der Waals surface area contributed by atoms with E-state index < -0.39 is 39.6 Å². The van der Waals surface area contributed by atoms with Crippen molar-refractivity contribution in [3.63, 3.8) is 0 Å². The van der Waals surface area contributed by atoms with Gasteiger partial charge in [0.1, 0.15) is 15.9 Å². The highest BCUT2D eigenvalue weighted by Crippen LogP contribution is 2.23. The van der Waals surface area contributed by atoms with Gasteiger partial charge in [-0.25, -0.2) is 13.2 Å². The molecule has 0 aromatic heterocycles. The quantitative estimate of drug-likeness (QED) is 0.663. The van der Waals surface area contributed by atoms with E-state index in [4.69, 9.17) is 5.11 Å². The molecule has 8 heteroatoms. The number of carboxylic acids is 1. The van der Waals surface area contributed by atoms with Crippen LogP contribution in [0.25, 0.3) is 0 Å². The second-order valence-corrected chi connectivity index (χ2v) is 6.74. The van der Waals surface area contributed by atoms with E-state index in [0.29, 0.717) is 4.90 Å². The second kappa shape index (κ2) is 5.05. The number of hydrogen-bond donors (Lipinski definition) is 1. The van der Waals surface area contributed by atoms with Gasteiger partial charge in [0.25, 0.3) is 0 Å². The maximum Gasteiger partial charge on any atom is 0.326 e. The Labute approximate surface area is 105 Å². The summed E-state index contributed by atoms with van der Waals surface area (Å²) in [5.41, 5.74) is 0. The molecule has 0 spiro atoms. The Morgan fingerprint density at radius 3 is 2.39 bits per heavy atom. The van der Waals surface area contributed by atoms with E-state index in [1.807, 2.05) is 0 Å². The molecule has 0 bridgehead atoms. The molecule has 2 unspecified atom stereocenters. The zero-order valence-electron chi connectivity index (χ0n) is 10.1. The lowest BCUT2D eigenvalue weighted by Gasteiger charge is -2.22. The maximum absolute atomic E-state index is 11.7. The summed E-state index contributed by atoms with van der Waals surface area (Å²) in [6, 6.07) is -1.40. The number of likely N-dealkylation sites (tertiary alicyclic amines) is 1. The molecular formula is C10H15NO6S. The van der Waals surface area contributed by atoms with Crippen molar-refractivity contribution in [1.29, 1.82) is 0 Å². The number of sulfone groups is 1. The van der Waals surface area contributed by atoms with E-state index in [0.717, 1.165) is 6.26 Å². The number of nitrogens with zero attached hydrogens (tertiary/aromatic N) is 1. The number of hydrogen-bond acceptors (Lipinski definition) is 5. The molecule has 1 N–H and O–H groups in total. The summed E-state index contributed by atoms with van der Waals surface area (Å²) < 4.78 is 22.0. The summed E-state index contributed by atoms with van der Waals surface area (Å²) in [4.78, 5) is 35.0. The smallest absolute Gasteiger partial charge is 0.326 e. The Morgan fingerprint density at radius 1 is 1.50 bits per heavy atom. The van der Waals surface area contributed by atoms with Crippen molar-refractivity contribution in [3.8, 4) is 0 Å². The molecule has 0 aromatic rings. The van der Waals surface area contributed by atoms with Crippen molar-refractivity contribution in [3.05, 3.63) is 0 Å². The largest absolute Gasteiger partial charge is 0.480 e. The zero-order chi connectivity index (χ0) is 14.1. The van der Waals surface area contributed by atoms with Crippen LogP contribution in [0, 0.1) is 5.92 Å². The molecule has 7 nitrogen and oxygen atoms in total. The van der Waals surface area contributed by atoms with Gasteiger partial charge in [0, 0.05) is 18.6 Å². The van der Waals surface area contributed by atoms with Crippen molar-refractivity contribution in [2.75, 3.05) is 12.0 Å². The van der Waals surface area contributed by atoms with Crippen LogP contribution in [0.5, 0.6) is 0 Å². The van der Waals surface area contributed by atoms with Crippen LogP contribution < -0.4 is 0 Å². The van der Waals surface area contributed by atoms with Gasteiger partial charge in [0.2, 0.25) is 11.8 Å². The van der Waals surface area contributed by atoms with Crippen LogP contribution in [0.3, 0.4) is 0 Å². The van der Waals surface area contributed by atoms with Gasteiger partial charge >= 0.3 is 5.97 Å². The number of carbonyl (C=O) groups is 3. The van der Waals surface area contributed by atoms with E-state index in [-0.39, 0.29) is 18.6 Å². The lowest BCUT2D eigenvalue weighted by Crippen LogP contribution is -2.45.